The number of rotatable bonds is 18. The number of hydrogen-bond acceptors (Lipinski definition) is 6. The lowest BCUT2D eigenvalue weighted by molar-refractivity contribution is 0.127. The van der Waals surface area contributed by atoms with Crippen molar-refractivity contribution in [2.45, 2.75) is 78.1 Å². The van der Waals surface area contributed by atoms with Crippen LogP contribution in [-0.2, 0) is 0 Å². The van der Waals surface area contributed by atoms with Crippen molar-refractivity contribution < 1.29 is 9.59 Å². The van der Waals surface area contributed by atoms with Gasteiger partial charge in [-0.3, -0.25) is 20.6 Å². The molecule has 1 fully saturated rings. The molecule has 4 amide bonds. The first-order chi connectivity index (χ1) is 18.3. The van der Waals surface area contributed by atoms with E-state index in [0.29, 0.717) is 26.2 Å². The van der Waals surface area contributed by atoms with Crippen molar-refractivity contribution in [2.75, 3.05) is 65.4 Å². The van der Waals surface area contributed by atoms with Gasteiger partial charge in [0.15, 0.2) is 11.9 Å². The highest BCUT2D eigenvalue weighted by molar-refractivity contribution is 5.94. The molecule has 0 radical (unpaired) electrons. The zero-order valence-corrected chi connectivity index (χ0v) is 23.9. The SMILES string of the molecule is CCCCCCNC(=O)N(CCCN1CCN(CCCN(C(=N)N)C(=O)NCCCCCC)CC1)C(=N)N. The minimum atomic E-state index is -0.288. The third kappa shape index (κ3) is 14.4. The van der Waals surface area contributed by atoms with E-state index < -0.39 is 0 Å². The van der Waals surface area contributed by atoms with Gasteiger partial charge in [0.05, 0.1) is 0 Å². The monoisotopic (exact) mass is 538 g/mol. The van der Waals surface area contributed by atoms with Gasteiger partial charge in [0, 0.05) is 52.4 Å². The summed E-state index contributed by atoms with van der Waals surface area (Å²) < 4.78 is 0. The normalized spacial score (nSPS) is 14.2. The Balaban J connectivity index is 2.26. The molecule has 1 aliphatic heterocycles. The summed E-state index contributed by atoms with van der Waals surface area (Å²) in [5.74, 6) is -0.434. The predicted molar refractivity (Wildman–Crippen MR) is 154 cm³/mol. The number of urea groups is 2. The van der Waals surface area contributed by atoms with Crippen molar-refractivity contribution in [3.8, 4) is 0 Å². The van der Waals surface area contributed by atoms with Crippen LogP contribution in [0.3, 0.4) is 0 Å². The molecule has 220 valence electrons. The van der Waals surface area contributed by atoms with E-state index in [2.05, 4.69) is 34.3 Å². The van der Waals surface area contributed by atoms with E-state index in [4.69, 9.17) is 22.3 Å². The fourth-order valence-corrected chi connectivity index (χ4v) is 4.49. The van der Waals surface area contributed by atoms with E-state index in [0.717, 1.165) is 103 Å². The maximum Gasteiger partial charge on any atom is 0.324 e. The van der Waals surface area contributed by atoms with Gasteiger partial charge in [-0.1, -0.05) is 52.4 Å². The number of nitrogens with two attached hydrogens (primary N) is 2. The number of guanidine groups is 2. The molecule has 0 aliphatic carbocycles. The van der Waals surface area contributed by atoms with Crippen LogP contribution in [0.15, 0.2) is 0 Å². The van der Waals surface area contributed by atoms with E-state index in [-0.39, 0.29) is 24.0 Å². The second-order valence-electron chi connectivity index (χ2n) is 10.0. The summed E-state index contributed by atoms with van der Waals surface area (Å²) in [6.07, 6.45) is 10.2. The Labute approximate surface area is 229 Å². The van der Waals surface area contributed by atoms with Crippen LogP contribution in [0.4, 0.5) is 9.59 Å². The number of nitrogens with zero attached hydrogens (tertiary/aromatic N) is 4. The zero-order chi connectivity index (χ0) is 28.2. The summed E-state index contributed by atoms with van der Waals surface area (Å²) in [7, 11) is 0. The number of unbranched alkanes of at least 4 members (excludes halogenated alkanes) is 6. The zero-order valence-electron chi connectivity index (χ0n) is 23.9. The summed E-state index contributed by atoms with van der Waals surface area (Å²) in [6.45, 7) is 11.8. The van der Waals surface area contributed by atoms with Crippen molar-refractivity contribution in [3.05, 3.63) is 0 Å². The van der Waals surface area contributed by atoms with Gasteiger partial charge in [0.1, 0.15) is 0 Å². The Morgan fingerprint density at radius 1 is 0.658 bits per heavy atom. The number of hydrogen-bond donors (Lipinski definition) is 6. The topological polar surface area (TPSA) is 171 Å². The molecule has 0 bridgehead atoms. The number of nitrogens with one attached hydrogen (secondary N) is 4. The molecule has 0 aromatic carbocycles. The van der Waals surface area contributed by atoms with Crippen LogP contribution in [0.2, 0.25) is 0 Å². The van der Waals surface area contributed by atoms with Crippen molar-refractivity contribution in [1.29, 1.82) is 10.8 Å². The van der Waals surface area contributed by atoms with E-state index >= 15 is 0 Å². The minimum Gasteiger partial charge on any atom is -0.370 e. The largest absolute Gasteiger partial charge is 0.370 e. The van der Waals surface area contributed by atoms with Crippen LogP contribution >= 0.6 is 0 Å². The van der Waals surface area contributed by atoms with Crippen LogP contribution in [0.5, 0.6) is 0 Å². The van der Waals surface area contributed by atoms with Gasteiger partial charge < -0.3 is 31.9 Å². The van der Waals surface area contributed by atoms with Gasteiger partial charge in [0.2, 0.25) is 0 Å². The van der Waals surface area contributed by atoms with Crippen LogP contribution < -0.4 is 22.1 Å². The number of piperazine rings is 1. The predicted octanol–water partition coefficient (Wildman–Crippen LogP) is 2.35. The highest BCUT2D eigenvalue weighted by atomic mass is 16.2. The van der Waals surface area contributed by atoms with Crippen LogP contribution in [0, 0.1) is 10.8 Å². The Bertz CT molecular complexity index is 640. The maximum atomic E-state index is 12.4. The Morgan fingerprint density at radius 2 is 1.03 bits per heavy atom. The fourth-order valence-electron chi connectivity index (χ4n) is 4.49. The van der Waals surface area contributed by atoms with Crippen LogP contribution in [0.1, 0.15) is 78.1 Å². The van der Waals surface area contributed by atoms with Gasteiger partial charge in [0.25, 0.3) is 0 Å². The smallest absolute Gasteiger partial charge is 0.324 e. The van der Waals surface area contributed by atoms with Gasteiger partial charge >= 0.3 is 12.1 Å². The lowest BCUT2D eigenvalue weighted by Crippen LogP contribution is -2.50. The summed E-state index contributed by atoms with van der Waals surface area (Å²) in [5, 5.41) is 21.3. The molecule has 0 unspecified atom stereocenters. The third-order valence-corrected chi connectivity index (χ3v) is 6.86. The minimum absolute atomic E-state index is 0.217. The summed E-state index contributed by atoms with van der Waals surface area (Å²) in [4.78, 5) is 32.1. The van der Waals surface area contributed by atoms with Crippen molar-refractivity contribution >= 4 is 24.0 Å². The summed E-state index contributed by atoms with van der Waals surface area (Å²) >= 11 is 0. The summed E-state index contributed by atoms with van der Waals surface area (Å²) in [6, 6.07) is -0.577. The van der Waals surface area contributed by atoms with Crippen LogP contribution in [0.25, 0.3) is 0 Å². The van der Waals surface area contributed by atoms with Gasteiger partial charge in [-0.05, 0) is 38.8 Å². The molecule has 1 aliphatic rings. The quantitative estimate of drug-likeness (QED) is 0.0888. The third-order valence-electron chi connectivity index (χ3n) is 6.86. The van der Waals surface area contributed by atoms with Crippen molar-refractivity contribution in [1.82, 2.24) is 30.2 Å². The van der Waals surface area contributed by atoms with E-state index in [1.54, 1.807) is 0 Å². The Hall–Kier alpha value is -2.60. The van der Waals surface area contributed by atoms with Gasteiger partial charge in [-0.25, -0.2) is 9.59 Å². The molecule has 38 heavy (non-hydrogen) atoms. The standard InChI is InChI=1S/C26H54N10O2/c1-3-5-7-9-13-31-25(37)35(23(27)28)17-11-15-33-19-21-34(22-20-33)16-12-18-36(24(29)30)26(38)32-14-10-8-6-4-2/h3-22H2,1-2H3,(H3,27,28)(H3,29,30)(H,31,37)(H,32,38). The van der Waals surface area contributed by atoms with Crippen LogP contribution in [-0.4, -0.2) is 109 Å². The average Bonchev–Trinajstić information content (AvgIpc) is 2.89. The maximum absolute atomic E-state index is 12.4. The Morgan fingerprint density at radius 3 is 1.34 bits per heavy atom. The molecule has 0 atom stereocenters. The molecule has 0 spiro atoms. The molecule has 1 heterocycles. The van der Waals surface area contributed by atoms with E-state index in [1.807, 2.05) is 0 Å². The van der Waals surface area contributed by atoms with Gasteiger partial charge in [-0.2, -0.15) is 0 Å². The lowest BCUT2D eigenvalue weighted by atomic mass is 10.2. The highest BCUT2D eigenvalue weighted by Crippen LogP contribution is 2.06. The average molecular weight is 539 g/mol. The Kier molecular flexibility index (Phi) is 17.9. The molecule has 1 saturated heterocycles. The number of amides is 4. The van der Waals surface area contributed by atoms with Crippen molar-refractivity contribution in [3.63, 3.8) is 0 Å². The molecule has 0 aromatic rings. The molecule has 12 nitrogen and oxygen atoms in total. The highest BCUT2D eigenvalue weighted by Gasteiger charge is 2.20. The van der Waals surface area contributed by atoms with Crippen molar-refractivity contribution in [2.24, 2.45) is 11.5 Å². The molecular formula is C26H54N10O2. The first-order valence-corrected chi connectivity index (χ1v) is 14.5. The number of carbonyl (C=O) groups is 2. The second-order valence-corrected chi connectivity index (χ2v) is 10.0. The summed E-state index contributed by atoms with van der Waals surface area (Å²) in [5.41, 5.74) is 11.3. The molecule has 12 heteroatoms. The first-order valence-electron chi connectivity index (χ1n) is 14.5. The molecule has 1 rings (SSSR count). The lowest BCUT2D eigenvalue weighted by Gasteiger charge is -2.35. The molecule has 0 saturated carbocycles. The first kappa shape index (κ1) is 33.4. The fraction of sp³-hybridized carbons (Fsp3) is 0.846. The van der Waals surface area contributed by atoms with Gasteiger partial charge in [-0.15, -0.1) is 0 Å². The molecular weight excluding hydrogens is 484 g/mol. The van der Waals surface area contributed by atoms with E-state index in [9.17, 15) is 9.59 Å². The molecule has 8 N–H and O–H groups in total. The van der Waals surface area contributed by atoms with E-state index in [1.165, 1.54) is 9.80 Å². The second kappa shape index (κ2) is 20.4. The number of carbonyl (C=O) groups excluding carboxylic acids is 2. The molecule has 0 aromatic heterocycles.